The minimum Gasteiger partial charge on any atom is -0.378 e. The van der Waals surface area contributed by atoms with E-state index in [2.05, 4.69) is 5.32 Å². The first kappa shape index (κ1) is 11.9. The first-order chi connectivity index (χ1) is 6.94. The number of nitrogens with one attached hydrogen (secondary N) is 1. The summed E-state index contributed by atoms with van der Waals surface area (Å²) in [5, 5.41) is 2.99. The molecule has 0 saturated carbocycles. The standard InChI is InChI=1S/C11H16F2N2/c1-11(2,5-6-14)15-10-4-3-8(12)7-9(10)13/h3-4,7,15H,5-6,14H2,1-2H3. The largest absolute Gasteiger partial charge is 0.378 e. The lowest BCUT2D eigenvalue weighted by atomic mass is 10.0. The van der Waals surface area contributed by atoms with E-state index in [0.29, 0.717) is 18.7 Å². The number of benzene rings is 1. The summed E-state index contributed by atoms with van der Waals surface area (Å²) in [6.45, 7) is 4.36. The van der Waals surface area contributed by atoms with Crippen LogP contribution >= 0.6 is 0 Å². The summed E-state index contributed by atoms with van der Waals surface area (Å²) in [4.78, 5) is 0. The molecule has 0 unspecified atom stereocenters. The summed E-state index contributed by atoms with van der Waals surface area (Å²) in [5.41, 5.74) is 5.44. The van der Waals surface area contributed by atoms with Gasteiger partial charge < -0.3 is 11.1 Å². The third-order valence-electron chi connectivity index (χ3n) is 2.17. The Hall–Kier alpha value is -1.16. The van der Waals surface area contributed by atoms with E-state index >= 15 is 0 Å². The third kappa shape index (κ3) is 3.47. The highest BCUT2D eigenvalue weighted by Crippen LogP contribution is 2.21. The van der Waals surface area contributed by atoms with Crippen molar-refractivity contribution >= 4 is 5.69 Å². The van der Waals surface area contributed by atoms with Crippen LogP contribution in [-0.2, 0) is 0 Å². The van der Waals surface area contributed by atoms with Crippen LogP contribution in [0.15, 0.2) is 18.2 Å². The molecule has 0 aliphatic rings. The first-order valence-corrected chi connectivity index (χ1v) is 4.88. The van der Waals surface area contributed by atoms with Crippen LogP contribution in [0.3, 0.4) is 0 Å². The topological polar surface area (TPSA) is 38.0 Å². The molecule has 3 N–H and O–H groups in total. The van der Waals surface area contributed by atoms with Crippen molar-refractivity contribution in [1.29, 1.82) is 0 Å². The van der Waals surface area contributed by atoms with Crippen LogP contribution in [0.1, 0.15) is 20.3 Å². The van der Waals surface area contributed by atoms with Crippen LogP contribution in [0.25, 0.3) is 0 Å². The summed E-state index contributed by atoms with van der Waals surface area (Å²) in [5.74, 6) is -1.16. The van der Waals surface area contributed by atoms with E-state index in [4.69, 9.17) is 5.73 Å². The fourth-order valence-electron chi connectivity index (χ4n) is 1.38. The van der Waals surface area contributed by atoms with Gasteiger partial charge in [-0.2, -0.15) is 0 Å². The predicted molar refractivity (Wildman–Crippen MR) is 57.7 cm³/mol. The van der Waals surface area contributed by atoms with Crippen molar-refractivity contribution in [2.24, 2.45) is 5.73 Å². The lowest BCUT2D eigenvalue weighted by Crippen LogP contribution is -2.33. The van der Waals surface area contributed by atoms with Crippen molar-refractivity contribution in [2.75, 3.05) is 11.9 Å². The van der Waals surface area contributed by atoms with Gasteiger partial charge in [0, 0.05) is 11.6 Å². The molecule has 0 aromatic heterocycles. The van der Waals surface area contributed by atoms with Crippen molar-refractivity contribution in [1.82, 2.24) is 0 Å². The molecule has 0 atom stereocenters. The van der Waals surface area contributed by atoms with E-state index in [1.807, 2.05) is 13.8 Å². The predicted octanol–water partition coefficient (Wildman–Crippen LogP) is 2.50. The summed E-state index contributed by atoms with van der Waals surface area (Å²) in [7, 11) is 0. The molecule has 0 radical (unpaired) electrons. The maximum atomic E-state index is 13.3. The minimum atomic E-state index is -0.583. The van der Waals surface area contributed by atoms with Gasteiger partial charge in [0.2, 0.25) is 0 Å². The molecule has 0 bridgehead atoms. The number of anilines is 1. The number of nitrogens with two attached hydrogens (primary N) is 1. The van der Waals surface area contributed by atoms with Gasteiger partial charge in [-0.05, 0) is 38.9 Å². The van der Waals surface area contributed by atoms with Crippen LogP contribution in [0.4, 0.5) is 14.5 Å². The van der Waals surface area contributed by atoms with Crippen LogP contribution < -0.4 is 11.1 Å². The van der Waals surface area contributed by atoms with Gasteiger partial charge in [0.05, 0.1) is 5.69 Å². The fourth-order valence-corrected chi connectivity index (χ4v) is 1.38. The average Bonchev–Trinajstić information content (AvgIpc) is 2.09. The zero-order valence-corrected chi connectivity index (χ0v) is 8.98. The van der Waals surface area contributed by atoms with Crippen LogP contribution in [0, 0.1) is 11.6 Å². The lowest BCUT2D eigenvalue weighted by Gasteiger charge is -2.27. The Kier molecular flexibility index (Phi) is 3.63. The molecule has 0 fully saturated rings. The fraction of sp³-hybridized carbons (Fsp3) is 0.455. The van der Waals surface area contributed by atoms with Crippen molar-refractivity contribution < 1.29 is 8.78 Å². The highest BCUT2D eigenvalue weighted by atomic mass is 19.1. The van der Waals surface area contributed by atoms with Gasteiger partial charge in [0.25, 0.3) is 0 Å². The number of rotatable bonds is 4. The molecule has 0 aliphatic carbocycles. The second-order valence-corrected chi connectivity index (χ2v) is 4.17. The average molecular weight is 214 g/mol. The molecule has 1 aromatic carbocycles. The Morgan fingerprint density at radius 1 is 1.33 bits per heavy atom. The lowest BCUT2D eigenvalue weighted by molar-refractivity contribution is 0.517. The van der Waals surface area contributed by atoms with Gasteiger partial charge in [-0.3, -0.25) is 0 Å². The molecule has 0 heterocycles. The first-order valence-electron chi connectivity index (χ1n) is 4.88. The number of hydrogen-bond acceptors (Lipinski definition) is 2. The molecule has 1 rings (SSSR count). The van der Waals surface area contributed by atoms with E-state index in [0.717, 1.165) is 6.07 Å². The Labute approximate surface area is 88.5 Å². The molecule has 15 heavy (non-hydrogen) atoms. The van der Waals surface area contributed by atoms with Gasteiger partial charge in [-0.25, -0.2) is 8.78 Å². The number of halogens is 2. The van der Waals surface area contributed by atoms with E-state index < -0.39 is 11.6 Å². The second-order valence-electron chi connectivity index (χ2n) is 4.17. The highest BCUT2D eigenvalue weighted by Gasteiger charge is 2.17. The SMILES string of the molecule is CC(C)(CCN)Nc1ccc(F)cc1F. The van der Waals surface area contributed by atoms with Crippen LogP contribution in [0.5, 0.6) is 0 Å². The van der Waals surface area contributed by atoms with Crippen molar-refractivity contribution in [2.45, 2.75) is 25.8 Å². The molecular weight excluding hydrogens is 198 g/mol. The van der Waals surface area contributed by atoms with Gasteiger partial charge in [0.1, 0.15) is 11.6 Å². The van der Waals surface area contributed by atoms with Gasteiger partial charge in [0.15, 0.2) is 0 Å². The third-order valence-corrected chi connectivity index (χ3v) is 2.17. The highest BCUT2D eigenvalue weighted by molar-refractivity contribution is 5.46. The Bertz CT molecular complexity index is 337. The maximum Gasteiger partial charge on any atom is 0.149 e. The molecule has 0 saturated heterocycles. The van der Waals surface area contributed by atoms with E-state index in [9.17, 15) is 8.78 Å². The Balaban J connectivity index is 2.80. The molecule has 0 aliphatic heterocycles. The van der Waals surface area contributed by atoms with Gasteiger partial charge in [-0.1, -0.05) is 0 Å². The molecule has 4 heteroatoms. The van der Waals surface area contributed by atoms with Gasteiger partial charge in [-0.15, -0.1) is 0 Å². The van der Waals surface area contributed by atoms with Crippen molar-refractivity contribution in [3.8, 4) is 0 Å². The normalized spacial score (nSPS) is 11.5. The minimum absolute atomic E-state index is 0.298. The van der Waals surface area contributed by atoms with E-state index in [-0.39, 0.29) is 5.54 Å². The summed E-state index contributed by atoms with van der Waals surface area (Å²) in [6, 6.07) is 3.48. The maximum absolute atomic E-state index is 13.3. The van der Waals surface area contributed by atoms with Crippen LogP contribution in [-0.4, -0.2) is 12.1 Å². The summed E-state index contributed by atoms with van der Waals surface area (Å²) in [6.07, 6.45) is 0.712. The van der Waals surface area contributed by atoms with E-state index in [1.54, 1.807) is 0 Å². The zero-order valence-electron chi connectivity index (χ0n) is 8.98. The van der Waals surface area contributed by atoms with Crippen molar-refractivity contribution in [3.05, 3.63) is 29.8 Å². The molecule has 0 amide bonds. The summed E-state index contributed by atoms with van der Waals surface area (Å²) < 4.78 is 25.9. The van der Waals surface area contributed by atoms with Crippen LogP contribution in [0.2, 0.25) is 0 Å². The second kappa shape index (κ2) is 4.57. The van der Waals surface area contributed by atoms with E-state index in [1.165, 1.54) is 12.1 Å². The molecular formula is C11H16F2N2. The quantitative estimate of drug-likeness (QED) is 0.808. The summed E-state index contributed by atoms with van der Waals surface area (Å²) >= 11 is 0. The monoisotopic (exact) mass is 214 g/mol. The number of hydrogen-bond donors (Lipinski definition) is 2. The molecule has 0 spiro atoms. The molecule has 1 aromatic rings. The van der Waals surface area contributed by atoms with Crippen molar-refractivity contribution in [3.63, 3.8) is 0 Å². The molecule has 84 valence electrons. The Morgan fingerprint density at radius 3 is 2.53 bits per heavy atom. The van der Waals surface area contributed by atoms with Gasteiger partial charge >= 0.3 is 0 Å². The smallest absolute Gasteiger partial charge is 0.149 e. The molecule has 2 nitrogen and oxygen atoms in total. The Morgan fingerprint density at radius 2 is 2.00 bits per heavy atom. The zero-order chi connectivity index (χ0) is 11.5.